The number of ether oxygens (including phenoxy) is 4. The van der Waals surface area contributed by atoms with Crippen LogP contribution in [0.25, 0.3) is 10.9 Å². The molecule has 1 atom stereocenters. The van der Waals surface area contributed by atoms with E-state index in [9.17, 15) is 9.59 Å². The number of piperidine rings is 1. The molecule has 192 valence electrons. The van der Waals surface area contributed by atoms with Crippen LogP contribution < -0.4 is 20.1 Å². The molecule has 0 bridgehead atoms. The Bertz CT molecular complexity index is 1090. The first-order valence-corrected chi connectivity index (χ1v) is 12.0. The van der Waals surface area contributed by atoms with Gasteiger partial charge in [0.05, 0.1) is 32.0 Å². The number of thiocarbonyl (C=S) groups is 1. The molecule has 1 aromatic heterocycles. The van der Waals surface area contributed by atoms with Crippen molar-refractivity contribution in [3.8, 4) is 11.5 Å². The molecule has 2 aromatic rings. The Kier molecular flexibility index (Phi) is 8.31. The van der Waals surface area contributed by atoms with Crippen molar-refractivity contribution in [2.24, 2.45) is 0 Å². The van der Waals surface area contributed by atoms with Gasteiger partial charge in [0.2, 0.25) is 0 Å². The first kappa shape index (κ1) is 26.4. The number of anilines is 1. The summed E-state index contributed by atoms with van der Waals surface area (Å²) in [4.78, 5) is 30.0. The number of carbonyl (C=O) groups is 2. The lowest BCUT2D eigenvalue weighted by Gasteiger charge is -2.35. The van der Waals surface area contributed by atoms with Gasteiger partial charge < -0.3 is 39.5 Å². The van der Waals surface area contributed by atoms with E-state index >= 15 is 0 Å². The maximum absolute atomic E-state index is 12.7. The van der Waals surface area contributed by atoms with Crippen LogP contribution in [0.15, 0.2) is 12.1 Å². The molecular weight excluding hydrogens is 472 g/mol. The molecule has 11 heteroatoms. The van der Waals surface area contributed by atoms with E-state index in [1.54, 1.807) is 33.3 Å². The number of esters is 1. The summed E-state index contributed by atoms with van der Waals surface area (Å²) in [6.07, 6.45) is 1.20. The molecule has 1 unspecified atom stereocenters. The predicted octanol–water partition coefficient (Wildman–Crippen LogP) is 4.05. The Morgan fingerprint density at radius 1 is 1.20 bits per heavy atom. The first-order chi connectivity index (χ1) is 16.6. The summed E-state index contributed by atoms with van der Waals surface area (Å²) >= 11 is 5.71. The van der Waals surface area contributed by atoms with Crippen LogP contribution >= 0.6 is 12.2 Å². The van der Waals surface area contributed by atoms with Crippen LogP contribution in [-0.4, -0.2) is 72.6 Å². The summed E-state index contributed by atoms with van der Waals surface area (Å²) < 4.78 is 21.5. The number of nitrogens with zero attached hydrogens (tertiary/aromatic N) is 1. The number of hydrogen-bond donors (Lipinski definition) is 3. The molecule has 1 aliphatic rings. The van der Waals surface area contributed by atoms with Crippen molar-refractivity contribution in [2.45, 2.75) is 52.2 Å². The Labute approximate surface area is 210 Å². The van der Waals surface area contributed by atoms with Crippen molar-refractivity contribution in [3.05, 3.63) is 17.8 Å². The third kappa shape index (κ3) is 6.47. The lowest BCUT2D eigenvalue weighted by atomic mass is 10.1. The van der Waals surface area contributed by atoms with Gasteiger partial charge in [-0.25, -0.2) is 9.59 Å². The number of rotatable bonds is 6. The Morgan fingerprint density at radius 2 is 1.89 bits per heavy atom. The smallest absolute Gasteiger partial charge is 0.407 e. The van der Waals surface area contributed by atoms with E-state index in [2.05, 4.69) is 15.6 Å². The minimum atomic E-state index is -0.572. The highest BCUT2D eigenvalue weighted by molar-refractivity contribution is 7.80. The van der Waals surface area contributed by atoms with Crippen molar-refractivity contribution in [3.63, 3.8) is 0 Å². The standard InChI is InChI=1S/C24H34N4O6S/c1-7-33-21(29)20-19(15-11-17(31-5)18(32-6)12-16(15)26-20)27-22(35)28-10-8-9-14(13-28)25-23(30)34-24(2,3)4/h11-12,14,26H,7-10,13H2,1-6H3,(H,25,30)(H,27,35). The van der Waals surface area contributed by atoms with Crippen LogP contribution in [0.5, 0.6) is 11.5 Å². The summed E-state index contributed by atoms with van der Waals surface area (Å²) in [7, 11) is 3.09. The quantitative estimate of drug-likeness (QED) is 0.394. The maximum atomic E-state index is 12.7. The lowest BCUT2D eigenvalue weighted by molar-refractivity contribution is 0.0483. The Morgan fingerprint density at radius 3 is 2.51 bits per heavy atom. The minimum Gasteiger partial charge on any atom is -0.493 e. The molecule has 1 fully saturated rings. The first-order valence-electron chi connectivity index (χ1n) is 11.6. The number of alkyl carbamates (subject to hydrolysis) is 1. The second-order valence-corrected chi connectivity index (χ2v) is 9.60. The second kappa shape index (κ2) is 11.0. The van der Waals surface area contributed by atoms with Gasteiger partial charge in [-0.1, -0.05) is 0 Å². The highest BCUT2D eigenvalue weighted by Crippen LogP contribution is 2.37. The number of carbonyl (C=O) groups excluding carboxylic acids is 2. The number of benzene rings is 1. The number of aromatic nitrogens is 1. The molecule has 1 aromatic carbocycles. The van der Waals surface area contributed by atoms with E-state index in [-0.39, 0.29) is 18.3 Å². The van der Waals surface area contributed by atoms with Crippen molar-refractivity contribution in [1.82, 2.24) is 15.2 Å². The molecule has 0 spiro atoms. The number of amides is 1. The number of hydrogen-bond acceptors (Lipinski definition) is 7. The summed E-state index contributed by atoms with van der Waals surface area (Å²) in [5.41, 5.74) is 0.836. The number of fused-ring (bicyclic) bond motifs is 1. The molecular formula is C24H34N4O6S. The third-order valence-corrected chi connectivity index (χ3v) is 5.80. The molecule has 2 heterocycles. The highest BCUT2D eigenvalue weighted by Gasteiger charge is 2.27. The van der Waals surface area contributed by atoms with E-state index < -0.39 is 17.7 Å². The average molecular weight is 507 g/mol. The van der Waals surface area contributed by atoms with E-state index in [1.165, 1.54) is 0 Å². The number of aromatic amines is 1. The van der Waals surface area contributed by atoms with Crippen LogP contribution in [0.2, 0.25) is 0 Å². The second-order valence-electron chi connectivity index (χ2n) is 9.21. The van der Waals surface area contributed by atoms with E-state index in [4.69, 9.17) is 31.2 Å². The van der Waals surface area contributed by atoms with Crippen LogP contribution in [0.1, 0.15) is 51.0 Å². The van der Waals surface area contributed by atoms with Crippen LogP contribution in [-0.2, 0) is 9.47 Å². The molecule has 35 heavy (non-hydrogen) atoms. The van der Waals surface area contributed by atoms with E-state index in [0.717, 1.165) is 12.8 Å². The van der Waals surface area contributed by atoms with Crippen LogP contribution in [0.3, 0.4) is 0 Å². The van der Waals surface area contributed by atoms with Crippen LogP contribution in [0, 0.1) is 0 Å². The monoisotopic (exact) mass is 506 g/mol. The fourth-order valence-corrected chi connectivity index (χ4v) is 4.21. The summed E-state index contributed by atoms with van der Waals surface area (Å²) in [5, 5.41) is 7.28. The van der Waals surface area contributed by atoms with Gasteiger partial charge in [-0.05, 0) is 58.8 Å². The van der Waals surface area contributed by atoms with Crippen molar-refractivity contribution < 1.29 is 28.5 Å². The lowest BCUT2D eigenvalue weighted by Crippen LogP contribution is -2.51. The number of nitrogens with one attached hydrogen (secondary N) is 3. The SMILES string of the molecule is CCOC(=O)c1[nH]c2cc(OC)c(OC)cc2c1NC(=S)N1CCCC(NC(=O)OC(C)(C)C)C1. The summed E-state index contributed by atoms with van der Waals surface area (Å²) in [6.45, 7) is 8.68. The molecule has 1 aliphatic heterocycles. The van der Waals surface area contributed by atoms with Crippen molar-refractivity contribution in [1.29, 1.82) is 0 Å². The number of likely N-dealkylation sites (tertiary alicyclic amines) is 1. The topological polar surface area (TPSA) is 114 Å². The zero-order chi connectivity index (χ0) is 25.8. The third-order valence-electron chi connectivity index (χ3n) is 5.44. The molecule has 0 saturated carbocycles. The van der Waals surface area contributed by atoms with Crippen LogP contribution in [0.4, 0.5) is 10.5 Å². The van der Waals surface area contributed by atoms with Gasteiger partial charge in [0.15, 0.2) is 16.6 Å². The minimum absolute atomic E-state index is 0.116. The van der Waals surface area contributed by atoms with Crippen molar-refractivity contribution in [2.75, 3.05) is 39.2 Å². The molecule has 0 aliphatic carbocycles. The predicted molar refractivity (Wildman–Crippen MR) is 138 cm³/mol. The van der Waals surface area contributed by atoms with Gasteiger partial charge in [0, 0.05) is 30.6 Å². The highest BCUT2D eigenvalue weighted by atomic mass is 32.1. The molecule has 3 N–H and O–H groups in total. The van der Waals surface area contributed by atoms with E-state index in [1.807, 2.05) is 25.7 Å². The summed E-state index contributed by atoms with van der Waals surface area (Å²) in [5.74, 6) is 0.538. The van der Waals surface area contributed by atoms with Gasteiger partial charge in [0.25, 0.3) is 0 Å². The molecule has 0 radical (unpaired) electrons. The Hall–Kier alpha value is -3.21. The van der Waals surface area contributed by atoms with Gasteiger partial charge in [0.1, 0.15) is 11.3 Å². The van der Waals surface area contributed by atoms with Gasteiger partial charge in [-0.2, -0.15) is 0 Å². The molecule has 10 nitrogen and oxygen atoms in total. The average Bonchev–Trinajstić information content (AvgIpc) is 3.14. The number of H-pyrrole nitrogens is 1. The van der Waals surface area contributed by atoms with E-state index in [0.29, 0.717) is 46.3 Å². The van der Waals surface area contributed by atoms with Gasteiger partial charge in [-0.15, -0.1) is 0 Å². The van der Waals surface area contributed by atoms with Gasteiger partial charge >= 0.3 is 12.1 Å². The fourth-order valence-electron chi connectivity index (χ4n) is 3.95. The maximum Gasteiger partial charge on any atom is 0.407 e. The van der Waals surface area contributed by atoms with Crippen molar-refractivity contribution >= 4 is 46.0 Å². The van der Waals surface area contributed by atoms with Gasteiger partial charge in [-0.3, -0.25) is 0 Å². The molecule has 3 rings (SSSR count). The molecule has 1 amide bonds. The molecule has 1 saturated heterocycles. The zero-order valence-corrected chi connectivity index (χ0v) is 21.9. The Balaban J connectivity index is 1.84. The number of methoxy groups -OCH3 is 2. The zero-order valence-electron chi connectivity index (χ0n) is 21.1. The summed E-state index contributed by atoms with van der Waals surface area (Å²) in [6, 6.07) is 3.42. The largest absolute Gasteiger partial charge is 0.493 e. The fraction of sp³-hybridized carbons (Fsp3) is 0.542. The normalized spacial score (nSPS) is 15.9.